The first kappa shape index (κ1) is 14.1. The summed E-state index contributed by atoms with van der Waals surface area (Å²) in [4.78, 5) is 10.9. The van der Waals surface area contributed by atoms with Crippen molar-refractivity contribution in [3.8, 4) is 17.2 Å². The topological polar surface area (TPSA) is 88.1 Å². The van der Waals surface area contributed by atoms with Crippen molar-refractivity contribution < 1.29 is 31.6 Å². The molecule has 0 aliphatic carbocycles. The number of methoxy groups -OCH3 is 2. The summed E-state index contributed by atoms with van der Waals surface area (Å²) in [6.07, 6.45) is 0.0134. The molecular weight excluding hydrogens is 264 g/mol. The Kier molecular flexibility index (Phi) is 4.38. The molecule has 1 aromatic carbocycles. The van der Waals surface area contributed by atoms with Gasteiger partial charge in [0.05, 0.1) is 20.5 Å². The van der Waals surface area contributed by atoms with Crippen LogP contribution < -0.4 is 13.7 Å². The molecule has 0 fully saturated rings. The summed E-state index contributed by atoms with van der Waals surface area (Å²) in [6, 6.07) is 3.95. The molecule has 0 heterocycles. The number of ether oxygens (including phenoxy) is 3. The van der Waals surface area contributed by atoms with Crippen LogP contribution in [0.4, 0.5) is 4.79 Å². The van der Waals surface area contributed by atoms with E-state index in [4.69, 9.17) is 9.47 Å². The lowest BCUT2D eigenvalue weighted by atomic mass is 10.3. The molecule has 0 spiro atoms. The summed E-state index contributed by atoms with van der Waals surface area (Å²) in [7, 11) is -1.17. The zero-order valence-electron chi connectivity index (χ0n) is 10.00. The predicted octanol–water partition coefficient (Wildman–Crippen LogP) is 1.18. The Morgan fingerprint density at radius 3 is 2.33 bits per heavy atom. The maximum atomic E-state index is 11.0. The molecule has 18 heavy (non-hydrogen) atoms. The van der Waals surface area contributed by atoms with Crippen molar-refractivity contribution in [3.05, 3.63) is 18.2 Å². The van der Waals surface area contributed by atoms with Gasteiger partial charge in [-0.25, -0.2) is 4.79 Å². The zero-order chi connectivity index (χ0) is 13.8. The second kappa shape index (κ2) is 5.58. The fourth-order valence-corrected chi connectivity index (χ4v) is 1.55. The van der Waals surface area contributed by atoms with Gasteiger partial charge >= 0.3 is 16.3 Å². The summed E-state index contributed by atoms with van der Waals surface area (Å²) in [5.74, 6) is 0.249. The Hall–Kier alpha value is -1.96. The van der Waals surface area contributed by atoms with Crippen molar-refractivity contribution in [2.75, 3.05) is 20.5 Å². The molecule has 0 N–H and O–H groups in total. The molecule has 7 nitrogen and oxygen atoms in total. The minimum Gasteiger partial charge on any atom is -0.493 e. The largest absolute Gasteiger partial charge is 0.513 e. The lowest BCUT2D eigenvalue weighted by Gasteiger charge is -2.10. The second-order valence-electron chi connectivity index (χ2n) is 3.16. The van der Waals surface area contributed by atoms with Gasteiger partial charge in [-0.2, -0.15) is 8.42 Å². The van der Waals surface area contributed by atoms with Crippen molar-refractivity contribution in [3.63, 3.8) is 0 Å². The highest BCUT2D eigenvalue weighted by molar-refractivity contribution is 7.86. The van der Waals surface area contributed by atoms with Crippen LogP contribution in [0.3, 0.4) is 0 Å². The molecule has 0 aliphatic rings. The quantitative estimate of drug-likeness (QED) is 0.463. The molecule has 100 valence electrons. The molecule has 0 atom stereocenters. The van der Waals surface area contributed by atoms with Crippen LogP contribution in [0, 0.1) is 0 Å². The lowest BCUT2D eigenvalue weighted by molar-refractivity contribution is 0.121. The van der Waals surface area contributed by atoms with E-state index in [2.05, 4.69) is 8.92 Å². The fourth-order valence-electron chi connectivity index (χ4n) is 1.08. The van der Waals surface area contributed by atoms with Crippen LogP contribution in [0.5, 0.6) is 17.2 Å². The van der Waals surface area contributed by atoms with Crippen molar-refractivity contribution in [1.82, 2.24) is 0 Å². The first-order valence-electron chi connectivity index (χ1n) is 4.69. The van der Waals surface area contributed by atoms with Gasteiger partial charge in [-0.1, -0.05) is 0 Å². The Labute approximate surface area is 104 Å². The highest BCUT2D eigenvalue weighted by Crippen LogP contribution is 2.32. The van der Waals surface area contributed by atoms with Gasteiger partial charge in [-0.3, -0.25) is 0 Å². The molecule has 0 saturated heterocycles. The molecule has 0 unspecified atom stereocenters. The standard InChI is InChI=1S/C10H12O7S/c1-14-9-6-7(16-10(11)15-2)4-5-8(9)17-18(3,12)13/h4-6H,1-3H3. The highest BCUT2D eigenvalue weighted by Gasteiger charge is 2.13. The van der Waals surface area contributed by atoms with Crippen LogP contribution in [0.15, 0.2) is 18.2 Å². The summed E-state index contributed by atoms with van der Waals surface area (Å²) in [5, 5.41) is 0. The van der Waals surface area contributed by atoms with Gasteiger partial charge in [0.1, 0.15) is 5.75 Å². The van der Waals surface area contributed by atoms with Gasteiger partial charge in [-0.05, 0) is 12.1 Å². The number of rotatable bonds is 4. The van der Waals surface area contributed by atoms with E-state index in [0.717, 1.165) is 6.26 Å². The summed E-state index contributed by atoms with van der Waals surface area (Å²) >= 11 is 0. The van der Waals surface area contributed by atoms with Crippen LogP contribution >= 0.6 is 0 Å². The SMILES string of the molecule is COC(=O)Oc1ccc(OS(C)(=O)=O)c(OC)c1. The van der Waals surface area contributed by atoms with Gasteiger partial charge in [0.15, 0.2) is 11.5 Å². The molecule has 8 heteroatoms. The van der Waals surface area contributed by atoms with E-state index in [1.165, 1.54) is 32.4 Å². The maximum absolute atomic E-state index is 11.0. The van der Waals surface area contributed by atoms with Crippen molar-refractivity contribution in [1.29, 1.82) is 0 Å². The molecular formula is C10H12O7S. The van der Waals surface area contributed by atoms with Gasteiger partial charge < -0.3 is 18.4 Å². The lowest BCUT2D eigenvalue weighted by Crippen LogP contribution is -2.09. The number of hydrogen-bond donors (Lipinski definition) is 0. The minimum absolute atomic E-state index is 0.00258. The average molecular weight is 276 g/mol. The number of hydrogen-bond acceptors (Lipinski definition) is 7. The third-order valence-corrected chi connectivity index (χ3v) is 2.23. The third-order valence-electron chi connectivity index (χ3n) is 1.74. The maximum Gasteiger partial charge on any atom is 0.513 e. The molecule has 0 aromatic heterocycles. The van der Waals surface area contributed by atoms with Crippen LogP contribution in [0.25, 0.3) is 0 Å². The number of carbonyl (C=O) groups is 1. The molecule has 0 bridgehead atoms. The van der Waals surface area contributed by atoms with Crippen molar-refractivity contribution >= 4 is 16.3 Å². The average Bonchev–Trinajstić information content (AvgIpc) is 2.29. The van der Waals surface area contributed by atoms with E-state index >= 15 is 0 Å². The fraction of sp³-hybridized carbons (Fsp3) is 0.300. The molecule has 0 aliphatic heterocycles. The summed E-state index contributed by atoms with van der Waals surface area (Å²) in [6.45, 7) is 0. The van der Waals surface area contributed by atoms with E-state index < -0.39 is 16.3 Å². The van der Waals surface area contributed by atoms with Crippen LogP contribution in [0.1, 0.15) is 0 Å². The summed E-state index contributed by atoms with van der Waals surface area (Å²) in [5.41, 5.74) is 0. The van der Waals surface area contributed by atoms with Crippen molar-refractivity contribution in [2.45, 2.75) is 0 Å². The van der Waals surface area contributed by atoms with Crippen LogP contribution in [0.2, 0.25) is 0 Å². The molecule has 1 rings (SSSR count). The second-order valence-corrected chi connectivity index (χ2v) is 4.73. The molecule has 1 aromatic rings. The van der Waals surface area contributed by atoms with E-state index in [9.17, 15) is 13.2 Å². The van der Waals surface area contributed by atoms with Gasteiger partial charge in [0, 0.05) is 6.07 Å². The Morgan fingerprint density at radius 2 is 1.83 bits per heavy atom. The smallest absolute Gasteiger partial charge is 0.493 e. The van der Waals surface area contributed by atoms with Crippen LogP contribution in [-0.4, -0.2) is 35.0 Å². The highest BCUT2D eigenvalue weighted by atomic mass is 32.2. The first-order valence-corrected chi connectivity index (χ1v) is 6.50. The molecule has 0 saturated carbocycles. The van der Waals surface area contributed by atoms with E-state index in [1.54, 1.807) is 0 Å². The van der Waals surface area contributed by atoms with E-state index in [1.807, 2.05) is 0 Å². The Morgan fingerprint density at radius 1 is 1.17 bits per heavy atom. The van der Waals surface area contributed by atoms with Crippen molar-refractivity contribution in [2.24, 2.45) is 0 Å². The monoisotopic (exact) mass is 276 g/mol. The minimum atomic E-state index is -3.66. The first-order chi connectivity index (χ1) is 8.35. The Bertz CT molecular complexity index is 535. The Balaban J connectivity index is 3.00. The molecule has 0 radical (unpaired) electrons. The predicted molar refractivity (Wildman–Crippen MR) is 61.5 cm³/mol. The van der Waals surface area contributed by atoms with Gasteiger partial charge in [0.2, 0.25) is 0 Å². The van der Waals surface area contributed by atoms with E-state index in [0.29, 0.717) is 0 Å². The van der Waals surface area contributed by atoms with E-state index in [-0.39, 0.29) is 17.2 Å². The molecule has 0 amide bonds. The number of benzene rings is 1. The van der Waals surface area contributed by atoms with Crippen LogP contribution in [-0.2, 0) is 14.9 Å². The summed E-state index contributed by atoms with van der Waals surface area (Å²) < 4.78 is 40.7. The number of carbonyl (C=O) groups excluding carboxylic acids is 1. The normalized spacial score (nSPS) is 10.6. The van der Waals surface area contributed by atoms with Gasteiger partial charge in [0.25, 0.3) is 0 Å². The zero-order valence-corrected chi connectivity index (χ0v) is 10.8. The third kappa shape index (κ3) is 4.13. The van der Waals surface area contributed by atoms with Gasteiger partial charge in [-0.15, -0.1) is 0 Å².